The number of hydrogen-bond donors (Lipinski definition) is 0. The first-order chi connectivity index (χ1) is 7.58. The molecule has 2 radical (unpaired) electrons. The first-order valence-corrected chi connectivity index (χ1v) is 6.00. The van der Waals surface area contributed by atoms with Crippen LogP contribution >= 0.6 is 15.9 Å². The van der Waals surface area contributed by atoms with E-state index in [0.29, 0.717) is 0 Å². The van der Waals surface area contributed by atoms with Gasteiger partial charge < -0.3 is 0 Å². The summed E-state index contributed by atoms with van der Waals surface area (Å²) in [7, 11) is 5.96. The molecule has 0 aromatic heterocycles. The van der Waals surface area contributed by atoms with Crippen LogP contribution in [-0.4, -0.2) is 7.85 Å². The largest absolute Gasteiger partial charge is 0.114 e. The zero-order valence-corrected chi connectivity index (χ0v) is 11.0. The van der Waals surface area contributed by atoms with Gasteiger partial charge in [-0.2, -0.15) is 0 Å². The molecule has 0 spiro atoms. The Balaban J connectivity index is 2.52. The zero-order valence-electron chi connectivity index (χ0n) is 9.42. The second-order valence-electron chi connectivity index (χ2n) is 4.04. The Morgan fingerprint density at radius 1 is 0.938 bits per heavy atom. The van der Waals surface area contributed by atoms with Crippen molar-refractivity contribution in [2.45, 2.75) is 13.8 Å². The number of rotatable bonds is 1. The minimum absolute atomic E-state index is 0.824. The lowest BCUT2D eigenvalue weighted by Crippen LogP contribution is -2.07. The van der Waals surface area contributed by atoms with Gasteiger partial charge in [-0.25, -0.2) is 0 Å². The number of benzene rings is 2. The standard InChI is InChI=1S/C14H12BBr/c1-9-3-5-11(6-4-9)12-7-13(15)10(2)14(16)8-12/h3-8H,1-2H3. The predicted octanol–water partition coefficient (Wildman–Crippen LogP) is 3.53. The predicted molar refractivity (Wildman–Crippen MR) is 74.4 cm³/mol. The lowest BCUT2D eigenvalue weighted by molar-refractivity contribution is 1.44. The highest BCUT2D eigenvalue weighted by molar-refractivity contribution is 9.10. The van der Waals surface area contributed by atoms with Crippen LogP contribution in [-0.2, 0) is 0 Å². The third-order valence-electron chi connectivity index (χ3n) is 2.77. The van der Waals surface area contributed by atoms with E-state index in [2.05, 4.69) is 53.2 Å². The molecule has 0 saturated carbocycles. The van der Waals surface area contributed by atoms with Crippen LogP contribution in [0.15, 0.2) is 40.9 Å². The van der Waals surface area contributed by atoms with Crippen molar-refractivity contribution in [2.75, 3.05) is 0 Å². The molecule has 0 aliphatic carbocycles. The molecule has 0 amide bonds. The smallest absolute Gasteiger partial charge is 0.0921 e. The minimum Gasteiger partial charge on any atom is -0.0921 e. The molecule has 2 aromatic rings. The van der Waals surface area contributed by atoms with Gasteiger partial charge in [-0.15, -0.1) is 0 Å². The topological polar surface area (TPSA) is 0 Å². The van der Waals surface area contributed by atoms with E-state index in [-0.39, 0.29) is 0 Å². The molecule has 2 heteroatoms. The molecule has 0 bridgehead atoms. The van der Waals surface area contributed by atoms with E-state index in [1.807, 2.05) is 13.0 Å². The molecule has 0 N–H and O–H groups in total. The van der Waals surface area contributed by atoms with Crippen LogP contribution in [0.5, 0.6) is 0 Å². The Bertz CT molecular complexity index is 492. The van der Waals surface area contributed by atoms with Gasteiger partial charge in [-0.3, -0.25) is 0 Å². The number of aryl methyl sites for hydroxylation is 1. The molecule has 0 heterocycles. The first-order valence-electron chi connectivity index (χ1n) is 5.20. The molecule has 0 fully saturated rings. The van der Waals surface area contributed by atoms with Crippen molar-refractivity contribution in [2.24, 2.45) is 0 Å². The maximum atomic E-state index is 5.96. The SMILES string of the molecule is [B]c1cc(-c2ccc(C)cc2)cc(Br)c1C. The lowest BCUT2D eigenvalue weighted by atomic mass is 9.88. The van der Waals surface area contributed by atoms with E-state index in [0.717, 1.165) is 21.1 Å². The second-order valence-corrected chi connectivity index (χ2v) is 4.89. The van der Waals surface area contributed by atoms with Gasteiger partial charge in [0.25, 0.3) is 0 Å². The van der Waals surface area contributed by atoms with Crippen LogP contribution < -0.4 is 5.46 Å². The molecule has 0 nitrogen and oxygen atoms in total. The molecule has 2 aromatic carbocycles. The Kier molecular flexibility index (Phi) is 3.20. The van der Waals surface area contributed by atoms with Crippen molar-refractivity contribution in [1.29, 1.82) is 0 Å². The molecule has 0 aliphatic rings. The highest BCUT2D eigenvalue weighted by atomic mass is 79.9. The summed E-state index contributed by atoms with van der Waals surface area (Å²) in [5, 5.41) is 0. The van der Waals surface area contributed by atoms with Gasteiger partial charge in [0.15, 0.2) is 0 Å². The number of hydrogen-bond acceptors (Lipinski definition) is 0. The minimum atomic E-state index is 0.824. The van der Waals surface area contributed by atoms with Crippen LogP contribution in [0.2, 0.25) is 0 Å². The van der Waals surface area contributed by atoms with Crippen LogP contribution in [0.4, 0.5) is 0 Å². The fraction of sp³-hybridized carbons (Fsp3) is 0.143. The van der Waals surface area contributed by atoms with E-state index in [1.54, 1.807) is 0 Å². The molecule has 0 aliphatic heterocycles. The highest BCUT2D eigenvalue weighted by Crippen LogP contribution is 2.24. The summed E-state index contributed by atoms with van der Waals surface area (Å²) < 4.78 is 1.06. The van der Waals surface area contributed by atoms with Crippen molar-refractivity contribution in [3.8, 4) is 11.1 Å². The van der Waals surface area contributed by atoms with Gasteiger partial charge in [0, 0.05) is 4.47 Å². The summed E-state index contributed by atoms with van der Waals surface area (Å²) in [6.07, 6.45) is 0. The molecule has 16 heavy (non-hydrogen) atoms. The third kappa shape index (κ3) is 2.22. The zero-order chi connectivity index (χ0) is 11.7. The molecule has 0 atom stereocenters. The van der Waals surface area contributed by atoms with E-state index >= 15 is 0 Å². The maximum absolute atomic E-state index is 5.96. The van der Waals surface area contributed by atoms with Gasteiger partial charge in [-0.05, 0) is 36.6 Å². The Labute approximate surface area is 106 Å². The highest BCUT2D eigenvalue weighted by Gasteiger charge is 2.03. The van der Waals surface area contributed by atoms with E-state index in [1.165, 1.54) is 11.1 Å². The summed E-state index contributed by atoms with van der Waals surface area (Å²) in [5.74, 6) is 0. The first kappa shape index (κ1) is 11.5. The van der Waals surface area contributed by atoms with Crippen molar-refractivity contribution < 1.29 is 0 Å². The maximum Gasteiger partial charge on any atom is 0.114 e. The molecule has 0 saturated heterocycles. The van der Waals surface area contributed by atoms with Crippen molar-refractivity contribution in [3.63, 3.8) is 0 Å². The molecule has 0 unspecified atom stereocenters. The third-order valence-corrected chi connectivity index (χ3v) is 3.59. The average Bonchev–Trinajstić information content (AvgIpc) is 2.26. The molecule has 78 valence electrons. The summed E-state index contributed by atoms with van der Waals surface area (Å²) in [6.45, 7) is 4.10. The van der Waals surface area contributed by atoms with Crippen LogP contribution in [0.25, 0.3) is 11.1 Å². The van der Waals surface area contributed by atoms with Crippen molar-refractivity contribution >= 4 is 29.2 Å². The Hall–Kier alpha value is -1.02. The second kappa shape index (κ2) is 4.46. The van der Waals surface area contributed by atoms with Crippen LogP contribution in [0.3, 0.4) is 0 Å². The van der Waals surface area contributed by atoms with Crippen LogP contribution in [0, 0.1) is 13.8 Å². The summed E-state index contributed by atoms with van der Waals surface area (Å²) in [5.41, 5.74) is 5.52. The van der Waals surface area contributed by atoms with E-state index < -0.39 is 0 Å². The quantitative estimate of drug-likeness (QED) is 0.696. The van der Waals surface area contributed by atoms with Crippen molar-refractivity contribution in [3.05, 3.63) is 52.0 Å². The van der Waals surface area contributed by atoms with Gasteiger partial charge in [0.1, 0.15) is 7.85 Å². The van der Waals surface area contributed by atoms with Gasteiger partial charge >= 0.3 is 0 Å². The Morgan fingerprint density at radius 3 is 2.12 bits per heavy atom. The molecular formula is C14H12BBr. The summed E-state index contributed by atoms with van der Waals surface area (Å²) in [6, 6.07) is 12.6. The van der Waals surface area contributed by atoms with Gasteiger partial charge in [0.05, 0.1) is 0 Å². The van der Waals surface area contributed by atoms with Crippen molar-refractivity contribution in [1.82, 2.24) is 0 Å². The van der Waals surface area contributed by atoms with Gasteiger partial charge in [-0.1, -0.05) is 57.3 Å². The summed E-state index contributed by atoms with van der Waals surface area (Å²) >= 11 is 3.53. The fourth-order valence-electron chi connectivity index (χ4n) is 1.61. The average molecular weight is 271 g/mol. The lowest BCUT2D eigenvalue weighted by Gasteiger charge is -2.09. The van der Waals surface area contributed by atoms with E-state index in [9.17, 15) is 0 Å². The van der Waals surface area contributed by atoms with E-state index in [4.69, 9.17) is 7.85 Å². The molecular weight excluding hydrogens is 259 g/mol. The fourth-order valence-corrected chi connectivity index (χ4v) is 2.09. The normalized spacial score (nSPS) is 10.4. The Morgan fingerprint density at radius 2 is 1.56 bits per heavy atom. The summed E-state index contributed by atoms with van der Waals surface area (Å²) in [4.78, 5) is 0. The monoisotopic (exact) mass is 270 g/mol. The van der Waals surface area contributed by atoms with Crippen LogP contribution in [0.1, 0.15) is 11.1 Å². The van der Waals surface area contributed by atoms with Gasteiger partial charge in [0.2, 0.25) is 0 Å². The number of halogens is 1. The molecule has 2 rings (SSSR count).